The van der Waals surface area contributed by atoms with Crippen LogP contribution in [0.2, 0.25) is 0 Å². The van der Waals surface area contributed by atoms with Crippen molar-refractivity contribution in [1.29, 1.82) is 0 Å². The van der Waals surface area contributed by atoms with Gasteiger partial charge in [0.15, 0.2) is 0 Å². The van der Waals surface area contributed by atoms with E-state index in [1.165, 1.54) is 0 Å². The van der Waals surface area contributed by atoms with Crippen molar-refractivity contribution in [2.75, 3.05) is 11.5 Å². The molecule has 0 saturated carbocycles. The molecule has 0 aliphatic rings. The normalized spacial score (nSPS) is 9.67. The maximum atomic E-state index is 5.24. The molecule has 0 rings (SSSR count). The number of allylic oxidation sites excluding steroid dienone is 1. The van der Waals surface area contributed by atoms with Gasteiger partial charge in [0.05, 0.1) is 0 Å². The standard InChI is InChI=1S/C6H13INO/c1-5-9-8(7-4)6(2)3/h2,5H2,1,3-4H3/q-1. The molecule has 0 aromatic heterocycles. The molecule has 3 heteroatoms. The molecule has 0 aromatic rings. The Labute approximate surface area is 67.4 Å². The van der Waals surface area contributed by atoms with Gasteiger partial charge in [0, 0.05) is 0 Å². The Balaban J connectivity index is 3.54. The second-order valence-corrected chi connectivity index (χ2v) is 3.41. The van der Waals surface area contributed by atoms with Gasteiger partial charge in [-0.2, -0.15) is 0 Å². The molecular formula is C6H13INO-. The molecule has 0 radical (unpaired) electrons. The molecule has 2 nitrogen and oxygen atoms in total. The molecule has 0 aliphatic carbocycles. The van der Waals surface area contributed by atoms with Crippen molar-refractivity contribution in [3.63, 3.8) is 0 Å². The maximum absolute atomic E-state index is 5.24. The van der Waals surface area contributed by atoms with Crippen LogP contribution in [0.3, 0.4) is 0 Å². The molecule has 0 unspecified atom stereocenters. The van der Waals surface area contributed by atoms with Gasteiger partial charge in [-0.3, -0.25) is 0 Å². The van der Waals surface area contributed by atoms with Crippen LogP contribution in [0.25, 0.3) is 0 Å². The van der Waals surface area contributed by atoms with Crippen LogP contribution in [0.1, 0.15) is 13.8 Å². The molecule has 0 amide bonds. The summed E-state index contributed by atoms with van der Waals surface area (Å²) in [7, 11) is 0. The SMILES string of the molecule is C=C(C)N(OCC)[I-]C. The van der Waals surface area contributed by atoms with Crippen molar-refractivity contribution in [2.24, 2.45) is 0 Å². The third-order valence-corrected chi connectivity index (χ3v) is 2.67. The Morgan fingerprint density at radius 2 is 2.33 bits per heavy atom. The summed E-state index contributed by atoms with van der Waals surface area (Å²) >= 11 is 0.00638. The number of hydrogen-bond acceptors (Lipinski definition) is 2. The topological polar surface area (TPSA) is 12.5 Å². The molecule has 0 bridgehead atoms. The van der Waals surface area contributed by atoms with E-state index in [4.69, 9.17) is 4.84 Å². The third kappa shape index (κ3) is 3.75. The minimum absolute atomic E-state index is 0.00638. The van der Waals surface area contributed by atoms with Crippen LogP contribution in [0.4, 0.5) is 0 Å². The average molecular weight is 242 g/mol. The number of rotatable bonds is 4. The Hall–Kier alpha value is 0.230. The summed E-state index contributed by atoms with van der Waals surface area (Å²) < 4.78 is 1.89. The summed E-state index contributed by atoms with van der Waals surface area (Å²) in [6, 6.07) is 0. The zero-order valence-electron chi connectivity index (χ0n) is 6.15. The molecule has 0 aliphatic heterocycles. The first-order valence-electron chi connectivity index (χ1n) is 2.80. The van der Waals surface area contributed by atoms with E-state index in [1.54, 1.807) is 0 Å². The molecule has 9 heavy (non-hydrogen) atoms. The number of hydrogen-bond donors (Lipinski definition) is 0. The molecule has 0 fully saturated rings. The summed E-state index contributed by atoms with van der Waals surface area (Å²) in [5.74, 6) is 0. The van der Waals surface area contributed by atoms with E-state index in [1.807, 2.05) is 17.1 Å². The third-order valence-electron chi connectivity index (χ3n) is 0.696. The Bertz CT molecular complexity index is 95.1. The van der Waals surface area contributed by atoms with Crippen LogP contribution in [-0.2, 0) is 4.84 Å². The zero-order valence-corrected chi connectivity index (χ0v) is 8.31. The summed E-state index contributed by atoms with van der Waals surface area (Å²) in [6.07, 6.45) is 0. The average Bonchev–Trinajstić information content (AvgIpc) is 1.82. The van der Waals surface area contributed by atoms with Crippen molar-refractivity contribution >= 4 is 0 Å². The van der Waals surface area contributed by atoms with Gasteiger partial charge < -0.3 is 0 Å². The second-order valence-electron chi connectivity index (χ2n) is 1.57. The van der Waals surface area contributed by atoms with Crippen LogP contribution in [-0.4, -0.2) is 14.8 Å². The molecule has 56 valence electrons. The molecule has 0 spiro atoms. The van der Waals surface area contributed by atoms with Crippen molar-refractivity contribution < 1.29 is 26.3 Å². The molecule has 0 N–H and O–H groups in total. The van der Waals surface area contributed by atoms with Gasteiger partial charge in [0.2, 0.25) is 0 Å². The molecule has 0 atom stereocenters. The molecule has 0 saturated heterocycles. The van der Waals surface area contributed by atoms with Crippen molar-refractivity contribution in [3.05, 3.63) is 12.3 Å². The van der Waals surface area contributed by atoms with E-state index < -0.39 is 0 Å². The fraction of sp³-hybridized carbons (Fsp3) is 0.667. The van der Waals surface area contributed by atoms with Crippen molar-refractivity contribution in [2.45, 2.75) is 13.8 Å². The molecular weight excluding hydrogens is 229 g/mol. The minimum atomic E-state index is 0.00638. The summed E-state index contributed by atoms with van der Waals surface area (Å²) in [5, 5.41) is 0. The van der Waals surface area contributed by atoms with E-state index >= 15 is 0 Å². The van der Waals surface area contributed by atoms with E-state index in [0.29, 0.717) is 0 Å². The monoisotopic (exact) mass is 242 g/mol. The number of alkyl halides is 1. The van der Waals surface area contributed by atoms with Crippen molar-refractivity contribution in [3.8, 4) is 0 Å². The van der Waals surface area contributed by atoms with Crippen molar-refractivity contribution in [1.82, 2.24) is 3.28 Å². The van der Waals surface area contributed by atoms with Crippen LogP contribution in [0.15, 0.2) is 12.3 Å². The summed E-state index contributed by atoms with van der Waals surface area (Å²) in [4.78, 5) is 7.38. The summed E-state index contributed by atoms with van der Waals surface area (Å²) in [5.41, 5.74) is 1.01. The second kappa shape index (κ2) is 5.05. The first kappa shape index (κ1) is 9.23. The van der Waals surface area contributed by atoms with Gasteiger partial charge >= 0.3 is 67.3 Å². The fourth-order valence-electron chi connectivity index (χ4n) is 0.417. The summed E-state index contributed by atoms with van der Waals surface area (Å²) in [6.45, 7) is 8.45. The van der Waals surface area contributed by atoms with Crippen LogP contribution < -0.4 is 21.5 Å². The van der Waals surface area contributed by atoms with E-state index in [9.17, 15) is 0 Å². The first-order chi connectivity index (χ1) is 4.22. The predicted molar refractivity (Wildman–Crippen MR) is 34.2 cm³/mol. The number of hydroxylamine groups is 1. The van der Waals surface area contributed by atoms with Gasteiger partial charge in [-0.1, -0.05) is 0 Å². The number of halogens is 1. The van der Waals surface area contributed by atoms with Gasteiger partial charge in [-0.15, -0.1) is 0 Å². The van der Waals surface area contributed by atoms with Gasteiger partial charge in [0.25, 0.3) is 0 Å². The van der Waals surface area contributed by atoms with Crippen LogP contribution in [0.5, 0.6) is 0 Å². The Kier molecular flexibility index (Phi) is 5.18. The zero-order chi connectivity index (χ0) is 7.28. The van der Waals surface area contributed by atoms with Gasteiger partial charge in [-0.05, 0) is 0 Å². The number of nitrogens with zero attached hydrogens (tertiary/aromatic N) is 1. The quantitative estimate of drug-likeness (QED) is 0.255. The van der Waals surface area contributed by atoms with Crippen LogP contribution >= 0.6 is 0 Å². The van der Waals surface area contributed by atoms with Gasteiger partial charge in [0.1, 0.15) is 0 Å². The first-order valence-corrected chi connectivity index (χ1v) is 5.92. The predicted octanol–water partition coefficient (Wildman–Crippen LogP) is -1.59. The van der Waals surface area contributed by atoms with Crippen LogP contribution in [0, 0.1) is 0 Å². The molecule has 0 aromatic carbocycles. The fourth-order valence-corrected chi connectivity index (χ4v) is 1.80. The van der Waals surface area contributed by atoms with E-state index in [-0.39, 0.29) is 21.5 Å². The van der Waals surface area contributed by atoms with E-state index in [0.717, 1.165) is 12.3 Å². The van der Waals surface area contributed by atoms with E-state index in [2.05, 4.69) is 11.5 Å². The molecule has 0 heterocycles. The Morgan fingerprint density at radius 1 is 1.78 bits per heavy atom. The Morgan fingerprint density at radius 3 is 2.44 bits per heavy atom. The van der Waals surface area contributed by atoms with Gasteiger partial charge in [-0.25, -0.2) is 0 Å².